The third-order valence-corrected chi connectivity index (χ3v) is 7.49. The first kappa shape index (κ1) is 17.9. The van der Waals surface area contributed by atoms with Gasteiger partial charge in [0, 0.05) is 0 Å². The molecular formula is C26H19NOSe. The number of carbonyl (C=O) groups is 1. The molecule has 0 fully saturated rings. The Morgan fingerprint density at radius 2 is 1.45 bits per heavy atom. The van der Waals surface area contributed by atoms with Crippen LogP contribution in [0.5, 0.6) is 0 Å². The number of nitrogens with zero attached hydrogens (tertiary/aromatic N) is 1. The SMILES string of the molecule is CC(=O)n1c(-c2ccc3ccccc3c2)c([Se]c2ccccc2)c2ccccc21. The van der Waals surface area contributed by atoms with Crippen LogP contribution in [0.25, 0.3) is 32.9 Å². The quantitative estimate of drug-likeness (QED) is 0.370. The summed E-state index contributed by atoms with van der Waals surface area (Å²) in [6.07, 6.45) is 0. The van der Waals surface area contributed by atoms with E-state index in [1.165, 1.54) is 19.7 Å². The van der Waals surface area contributed by atoms with Gasteiger partial charge in [0.1, 0.15) is 0 Å². The van der Waals surface area contributed by atoms with Crippen LogP contribution in [0.2, 0.25) is 0 Å². The van der Waals surface area contributed by atoms with Crippen molar-refractivity contribution in [2.24, 2.45) is 0 Å². The van der Waals surface area contributed by atoms with Gasteiger partial charge in [0.05, 0.1) is 0 Å². The van der Waals surface area contributed by atoms with Crippen molar-refractivity contribution >= 4 is 51.5 Å². The molecule has 0 aliphatic carbocycles. The summed E-state index contributed by atoms with van der Waals surface area (Å²) in [6.45, 7) is 1.65. The average molecular weight is 440 g/mol. The second kappa shape index (κ2) is 7.36. The third kappa shape index (κ3) is 3.19. The van der Waals surface area contributed by atoms with Gasteiger partial charge in [-0.2, -0.15) is 0 Å². The van der Waals surface area contributed by atoms with Crippen molar-refractivity contribution in [3.63, 3.8) is 0 Å². The Morgan fingerprint density at radius 1 is 0.759 bits per heavy atom. The van der Waals surface area contributed by atoms with E-state index in [-0.39, 0.29) is 20.9 Å². The van der Waals surface area contributed by atoms with Crippen LogP contribution in [0, 0.1) is 0 Å². The summed E-state index contributed by atoms with van der Waals surface area (Å²) < 4.78 is 4.44. The van der Waals surface area contributed by atoms with Crippen LogP contribution in [-0.2, 0) is 0 Å². The van der Waals surface area contributed by atoms with E-state index in [1.54, 1.807) is 6.92 Å². The molecular weight excluding hydrogens is 421 g/mol. The zero-order chi connectivity index (χ0) is 19.8. The van der Waals surface area contributed by atoms with Gasteiger partial charge in [-0.05, 0) is 0 Å². The van der Waals surface area contributed by atoms with Gasteiger partial charge in [0.15, 0.2) is 0 Å². The van der Waals surface area contributed by atoms with E-state index >= 15 is 0 Å². The summed E-state index contributed by atoms with van der Waals surface area (Å²) in [7, 11) is 0. The predicted molar refractivity (Wildman–Crippen MR) is 123 cm³/mol. The topological polar surface area (TPSA) is 22.0 Å². The summed E-state index contributed by atoms with van der Waals surface area (Å²) >= 11 is 0.0859. The van der Waals surface area contributed by atoms with E-state index in [1.807, 2.05) is 22.8 Å². The number of benzene rings is 4. The van der Waals surface area contributed by atoms with Crippen molar-refractivity contribution in [3.8, 4) is 11.3 Å². The number of rotatable bonds is 3. The van der Waals surface area contributed by atoms with Crippen molar-refractivity contribution in [3.05, 3.63) is 97.1 Å². The van der Waals surface area contributed by atoms with Gasteiger partial charge >= 0.3 is 176 Å². The van der Waals surface area contributed by atoms with Crippen LogP contribution < -0.4 is 8.92 Å². The molecule has 0 atom stereocenters. The number of carbonyl (C=O) groups excluding carboxylic acids is 1. The first-order valence-electron chi connectivity index (χ1n) is 9.59. The van der Waals surface area contributed by atoms with Gasteiger partial charge in [-0.25, -0.2) is 0 Å². The first-order chi connectivity index (χ1) is 14.2. The maximum atomic E-state index is 12.8. The van der Waals surface area contributed by atoms with E-state index in [2.05, 4.69) is 78.9 Å². The Kier molecular flexibility index (Phi) is 4.55. The molecule has 0 aliphatic rings. The fourth-order valence-electron chi connectivity index (χ4n) is 3.84. The molecule has 3 heteroatoms. The zero-order valence-corrected chi connectivity index (χ0v) is 17.7. The minimum atomic E-state index is 0.0412. The maximum absolute atomic E-state index is 12.8. The fraction of sp³-hybridized carbons (Fsp3) is 0.0385. The molecule has 0 saturated carbocycles. The molecule has 4 aromatic carbocycles. The molecule has 2 nitrogen and oxygen atoms in total. The molecule has 5 rings (SSSR count). The van der Waals surface area contributed by atoms with Gasteiger partial charge in [-0.15, -0.1) is 0 Å². The molecule has 1 aromatic heterocycles. The van der Waals surface area contributed by atoms with Gasteiger partial charge in [0.25, 0.3) is 0 Å². The van der Waals surface area contributed by atoms with E-state index in [9.17, 15) is 4.79 Å². The Bertz CT molecular complexity index is 1350. The monoisotopic (exact) mass is 441 g/mol. The van der Waals surface area contributed by atoms with Crippen LogP contribution in [0.15, 0.2) is 97.1 Å². The molecule has 0 saturated heterocycles. The molecule has 0 N–H and O–H groups in total. The number of fused-ring (bicyclic) bond motifs is 2. The molecule has 1 heterocycles. The summed E-state index contributed by atoms with van der Waals surface area (Å²) in [6, 6.07) is 33.6. The van der Waals surface area contributed by atoms with Crippen LogP contribution in [0.4, 0.5) is 0 Å². The molecule has 0 unspecified atom stereocenters. The molecule has 0 bridgehead atoms. The number of hydrogen-bond acceptors (Lipinski definition) is 1. The molecule has 0 amide bonds. The van der Waals surface area contributed by atoms with Gasteiger partial charge in [-0.1, -0.05) is 0 Å². The van der Waals surface area contributed by atoms with Gasteiger partial charge < -0.3 is 0 Å². The molecule has 29 heavy (non-hydrogen) atoms. The Morgan fingerprint density at radius 3 is 2.24 bits per heavy atom. The molecule has 140 valence electrons. The average Bonchev–Trinajstić information content (AvgIpc) is 3.08. The molecule has 5 aromatic rings. The second-order valence-electron chi connectivity index (χ2n) is 7.03. The number of para-hydroxylation sites is 1. The summed E-state index contributed by atoms with van der Waals surface area (Å²) in [5.41, 5.74) is 3.09. The summed E-state index contributed by atoms with van der Waals surface area (Å²) in [5.74, 6) is 0.0412. The van der Waals surface area contributed by atoms with Crippen molar-refractivity contribution in [1.82, 2.24) is 4.57 Å². The first-order valence-corrected chi connectivity index (χ1v) is 11.3. The second-order valence-corrected chi connectivity index (χ2v) is 9.30. The van der Waals surface area contributed by atoms with E-state index in [0.29, 0.717) is 0 Å². The Hall–Kier alpha value is -3.13. The van der Waals surface area contributed by atoms with E-state index in [0.717, 1.165) is 22.2 Å². The number of aromatic nitrogens is 1. The predicted octanol–water partition coefficient (Wildman–Crippen LogP) is 4.78. The van der Waals surface area contributed by atoms with Crippen LogP contribution in [0.3, 0.4) is 0 Å². The van der Waals surface area contributed by atoms with E-state index < -0.39 is 0 Å². The fourth-order valence-corrected chi connectivity index (χ4v) is 6.19. The summed E-state index contributed by atoms with van der Waals surface area (Å²) in [4.78, 5) is 12.8. The van der Waals surface area contributed by atoms with Crippen LogP contribution in [-0.4, -0.2) is 25.4 Å². The molecule has 0 aliphatic heterocycles. The third-order valence-electron chi connectivity index (χ3n) is 5.13. The van der Waals surface area contributed by atoms with Gasteiger partial charge in [-0.3, -0.25) is 0 Å². The summed E-state index contributed by atoms with van der Waals surface area (Å²) in [5, 5.41) is 3.55. The van der Waals surface area contributed by atoms with Crippen LogP contribution >= 0.6 is 0 Å². The standard InChI is InChI=1S/C26H19NOSe/c1-18(28)27-24-14-8-7-13-23(24)26(29-22-11-3-2-4-12-22)25(27)21-16-15-19-9-5-6-10-20(19)17-21/h2-17H,1H3. The number of hydrogen-bond donors (Lipinski definition) is 0. The van der Waals surface area contributed by atoms with E-state index in [4.69, 9.17) is 0 Å². The van der Waals surface area contributed by atoms with Crippen molar-refractivity contribution in [1.29, 1.82) is 0 Å². The normalized spacial score (nSPS) is 11.2. The Balaban J connectivity index is 1.83. The van der Waals surface area contributed by atoms with Crippen molar-refractivity contribution in [2.45, 2.75) is 6.92 Å². The Labute approximate surface area is 176 Å². The van der Waals surface area contributed by atoms with Gasteiger partial charge in [0.2, 0.25) is 0 Å². The van der Waals surface area contributed by atoms with Crippen LogP contribution in [0.1, 0.15) is 11.7 Å². The zero-order valence-electron chi connectivity index (χ0n) is 16.0. The van der Waals surface area contributed by atoms with Crippen molar-refractivity contribution < 1.29 is 4.79 Å². The van der Waals surface area contributed by atoms with Crippen molar-refractivity contribution in [2.75, 3.05) is 0 Å². The molecule has 0 radical (unpaired) electrons. The molecule has 0 spiro atoms. The minimum absolute atomic E-state index is 0.0412.